The highest BCUT2D eigenvalue weighted by molar-refractivity contribution is 5.99. The molecule has 1 amide bonds. The summed E-state index contributed by atoms with van der Waals surface area (Å²) < 4.78 is 6.06. The maximum atomic E-state index is 12.5. The number of carboxylic acid groups (broad SMARTS) is 1. The van der Waals surface area contributed by atoms with Crippen LogP contribution in [0.2, 0.25) is 0 Å². The van der Waals surface area contributed by atoms with Gasteiger partial charge in [0.05, 0.1) is 36.3 Å². The number of amides is 1. The zero-order valence-corrected chi connectivity index (χ0v) is 17.8. The number of aliphatic imine (C=N–C) groups is 1. The van der Waals surface area contributed by atoms with Crippen LogP contribution in [-0.4, -0.2) is 46.6 Å². The third-order valence-corrected chi connectivity index (χ3v) is 6.30. The van der Waals surface area contributed by atoms with E-state index in [1.54, 1.807) is 6.07 Å². The third kappa shape index (κ3) is 3.44. The number of aliphatic hydroxyl groups is 1. The molecule has 4 atom stereocenters. The number of aliphatic hydroxyl groups excluding tert-OH is 1. The van der Waals surface area contributed by atoms with Crippen molar-refractivity contribution < 1.29 is 24.5 Å². The minimum atomic E-state index is -1.42. The summed E-state index contributed by atoms with van der Waals surface area (Å²) in [5, 5.41) is 23.6. The van der Waals surface area contributed by atoms with Crippen LogP contribution in [0.5, 0.6) is 5.75 Å². The molecule has 0 saturated carbocycles. The first-order chi connectivity index (χ1) is 15.2. The number of nitrogens with zero attached hydrogens (tertiary/aromatic N) is 2. The van der Waals surface area contributed by atoms with E-state index >= 15 is 0 Å². The second kappa shape index (κ2) is 8.16. The summed E-state index contributed by atoms with van der Waals surface area (Å²) in [4.78, 5) is 29.6. The van der Waals surface area contributed by atoms with E-state index in [4.69, 9.17) is 16.2 Å². The number of carbonyl (C=O) groups excluding carboxylic acids is 2. The first-order valence-electron chi connectivity index (χ1n) is 10.4. The summed E-state index contributed by atoms with van der Waals surface area (Å²) >= 11 is 0. The molecule has 32 heavy (non-hydrogen) atoms. The monoisotopic (exact) mass is 437 g/mol. The number of guanidine groups is 1. The summed E-state index contributed by atoms with van der Waals surface area (Å²) in [6.07, 6.45) is -0.865. The molecule has 0 aromatic heterocycles. The molecule has 0 aliphatic carbocycles. The average Bonchev–Trinajstić information content (AvgIpc) is 2.98. The molecule has 0 unspecified atom stereocenters. The Hall–Kier alpha value is -3.59. The quantitative estimate of drug-likeness (QED) is 0.309. The highest BCUT2D eigenvalue weighted by atomic mass is 16.5. The standard InChI is InChI=1S/C23H26N4O5/c1-11-16(20(22(30)31)27-19(11)18(12(2)28)21(27)29)10-32-17-8-4-6-14-13(9-26-23(24)25)5-3-7-15(14)17/h3-8,11-12,18-19,28H,9-10H2,1-2H3,(H,30,31)(H4,24,25,26)/p-1/t11-,12+,18+,19+/m0/s1. The van der Waals surface area contributed by atoms with Crippen molar-refractivity contribution in [3.05, 3.63) is 53.2 Å². The molecular formula is C23H25N4O5-. The second-order valence-electron chi connectivity index (χ2n) is 8.21. The molecule has 2 heterocycles. The van der Waals surface area contributed by atoms with Crippen molar-refractivity contribution in [2.45, 2.75) is 32.5 Å². The van der Waals surface area contributed by atoms with Crippen molar-refractivity contribution >= 4 is 28.6 Å². The molecule has 0 spiro atoms. The molecular weight excluding hydrogens is 412 g/mol. The lowest BCUT2D eigenvalue weighted by Crippen LogP contribution is -2.64. The SMILES string of the molecule is C[C@@H](O)[C@H]1C(=O)N2C(C(=O)[O-])=C(COc3cccc4c(CN=C(N)N)cccc34)[C@H](C)[C@H]12. The number of benzene rings is 2. The molecule has 2 aromatic rings. The van der Waals surface area contributed by atoms with Crippen molar-refractivity contribution in [2.75, 3.05) is 6.61 Å². The molecule has 5 N–H and O–H groups in total. The van der Waals surface area contributed by atoms with Crippen LogP contribution in [0.1, 0.15) is 19.4 Å². The normalized spacial score (nSPS) is 23.0. The number of hydrogen-bond acceptors (Lipinski definition) is 6. The summed E-state index contributed by atoms with van der Waals surface area (Å²) in [5.74, 6) is -2.17. The van der Waals surface area contributed by atoms with Crippen molar-refractivity contribution in [3.63, 3.8) is 0 Å². The summed E-state index contributed by atoms with van der Waals surface area (Å²) in [5.41, 5.74) is 12.1. The van der Waals surface area contributed by atoms with Gasteiger partial charge < -0.3 is 36.1 Å². The Bertz CT molecular complexity index is 1150. The fourth-order valence-electron chi connectivity index (χ4n) is 4.77. The van der Waals surface area contributed by atoms with Crippen molar-refractivity contribution in [1.29, 1.82) is 0 Å². The van der Waals surface area contributed by atoms with E-state index in [1.807, 2.05) is 37.3 Å². The fraction of sp³-hybridized carbons (Fsp3) is 0.348. The van der Waals surface area contributed by atoms with E-state index in [1.165, 1.54) is 11.8 Å². The number of rotatable bonds is 7. The zero-order chi connectivity index (χ0) is 23.2. The Balaban J connectivity index is 1.64. The van der Waals surface area contributed by atoms with Gasteiger partial charge in [-0.2, -0.15) is 0 Å². The predicted octanol–water partition coefficient (Wildman–Crippen LogP) is -0.146. The molecule has 4 rings (SSSR count). The molecule has 0 bridgehead atoms. The number of nitrogens with two attached hydrogens (primary N) is 2. The minimum Gasteiger partial charge on any atom is -0.543 e. The molecule has 1 saturated heterocycles. The first kappa shape index (κ1) is 21.6. The van der Waals surface area contributed by atoms with E-state index in [9.17, 15) is 19.8 Å². The Morgan fingerprint density at radius 1 is 1.25 bits per heavy atom. The topological polar surface area (TPSA) is 154 Å². The highest BCUT2D eigenvalue weighted by Crippen LogP contribution is 2.47. The number of ether oxygens (including phenoxy) is 1. The lowest BCUT2D eigenvalue weighted by molar-refractivity contribution is -0.301. The van der Waals surface area contributed by atoms with Gasteiger partial charge in [0.2, 0.25) is 5.91 Å². The van der Waals surface area contributed by atoms with E-state index in [2.05, 4.69) is 4.99 Å². The summed E-state index contributed by atoms with van der Waals surface area (Å²) in [6, 6.07) is 10.8. The van der Waals surface area contributed by atoms with E-state index in [-0.39, 0.29) is 24.2 Å². The van der Waals surface area contributed by atoms with E-state index in [0.29, 0.717) is 17.9 Å². The van der Waals surface area contributed by atoms with Gasteiger partial charge in [0.1, 0.15) is 12.4 Å². The number of carbonyl (C=O) groups is 2. The number of carboxylic acids is 1. The zero-order valence-electron chi connectivity index (χ0n) is 17.8. The Kier molecular flexibility index (Phi) is 5.52. The van der Waals surface area contributed by atoms with Gasteiger partial charge in [0.15, 0.2) is 5.96 Å². The Morgan fingerprint density at radius 2 is 1.94 bits per heavy atom. The summed E-state index contributed by atoms with van der Waals surface area (Å²) in [6.45, 7) is 3.68. The minimum absolute atomic E-state index is 0.000976. The molecule has 168 valence electrons. The molecule has 9 heteroatoms. The smallest absolute Gasteiger partial charge is 0.235 e. The van der Waals surface area contributed by atoms with E-state index in [0.717, 1.165) is 16.3 Å². The highest BCUT2D eigenvalue weighted by Gasteiger charge is 2.58. The van der Waals surface area contributed by atoms with Gasteiger partial charge in [-0.1, -0.05) is 37.3 Å². The number of hydrogen-bond donors (Lipinski definition) is 3. The number of aliphatic carboxylic acids is 1. The van der Waals surface area contributed by atoms with Crippen LogP contribution in [0.4, 0.5) is 0 Å². The van der Waals surface area contributed by atoms with Gasteiger partial charge in [-0.15, -0.1) is 0 Å². The number of fused-ring (bicyclic) bond motifs is 2. The van der Waals surface area contributed by atoms with Crippen LogP contribution in [0.25, 0.3) is 10.8 Å². The number of β-lactam (4-membered cyclic amide) rings is 1. The lowest BCUT2D eigenvalue weighted by atomic mass is 9.78. The van der Waals surface area contributed by atoms with Crippen LogP contribution in [-0.2, 0) is 16.1 Å². The third-order valence-electron chi connectivity index (χ3n) is 6.30. The van der Waals surface area contributed by atoms with Gasteiger partial charge in [-0.25, -0.2) is 4.99 Å². The van der Waals surface area contributed by atoms with Crippen LogP contribution in [0.3, 0.4) is 0 Å². The summed E-state index contributed by atoms with van der Waals surface area (Å²) in [7, 11) is 0. The molecule has 2 aliphatic rings. The van der Waals surface area contributed by atoms with Gasteiger partial charge in [-0.3, -0.25) is 4.79 Å². The van der Waals surface area contributed by atoms with Crippen molar-refractivity contribution in [1.82, 2.24) is 4.90 Å². The van der Waals surface area contributed by atoms with E-state index < -0.39 is 29.9 Å². The average molecular weight is 437 g/mol. The fourth-order valence-corrected chi connectivity index (χ4v) is 4.77. The molecule has 9 nitrogen and oxygen atoms in total. The van der Waals surface area contributed by atoms with Crippen LogP contribution in [0, 0.1) is 11.8 Å². The second-order valence-corrected chi connectivity index (χ2v) is 8.21. The van der Waals surface area contributed by atoms with Crippen LogP contribution < -0.4 is 21.3 Å². The first-order valence-corrected chi connectivity index (χ1v) is 10.4. The predicted molar refractivity (Wildman–Crippen MR) is 116 cm³/mol. The van der Waals surface area contributed by atoms with Crippen LogP contribution >= 0.6 is 0 Å². The molecule has 1 fully saturated rings. The van der Waals surface area contributed by atoms with Crippen molar-refractivity contribution in [3.8, 4) is 5.75 Å². The van der Waals surface area contributed by atoms with Gasteiger partial charge in [0.25, 0.3) is 0 Å². The Morgan fingerprint density at radius 3 is 2.59 bits per heavy atom. The molecule has 2 aromatic carbocycles. The van der Waals surface area contributed by atoms with Crippen molar-refractivity contribution in [2.24, 2.45) is 28.3 Å². The molecule has 0 radical (unpaired) electrons. The maximum absolute atomic E-state index is 12.5. The maximum Gasteiger partial charge on any atom is 0.235 e. The Labute approximate surface area is 185 Å². The lowest BCUT2D eigenvalue weighted by Gasteiger charge is -2.47. The van der Waals surface area contributed by atoms with Gasteiger partial charge in [0, 0.05) is 11.3 Å². The van der Waals surface area contributed by atoms with Crippen LogP contribution in [0.15, 0.2) is 52.7 Å². The largest absolute Gasteiger partial charge is 0.543 e. The van der Waals surface area contributed by atoms with Gasteiger partial charge >= 0.3 is 0 Å². The molecule has 2 aliphatic heterocycles. The van der Waals surface area contributed by atoms with Gasteiger partial charge in [-0.05, 0) is 29.5 Å².